The quantitative estimate of drug-likeness (QED) is 0.602. The Hall–Kier alpha value is -0.690. The van der Waals surface area contributed by atoms with Crippen LogP contribution in [0, 0.1) is 0 Å². The first kappa shape index (κ1) is 14.7. The van der Waals surface area contributed by atoms with Crippen LogP contribution >= 0.6 is 0 Å². The Morgan fingerprint density at radius 3 is 2.84 bits per heavy atom. The van der Waals surface area contributed by atoms with Crippen molar-refractivity contribution in [1.82, 2.24) is 10.6 Å². The number of rotatable bonds is 6. The van der Waals surface area contributed by atoms with Crippen LogP contribution in [-0.4, -0.2) is 62.2 Å². The zero-order valence-corrected chi connectivity index (χ0v) is 11.4. The second kappa shape index (κ2) is 7.19. The molecule has 0 aromatic carbocycles. The number of carbonyl (C=O) groups excluding carboxylic acids is 1. The van der Waals surface area contributed by atoms with Crippen molar-refractivity contribution in [3.05, 3.63) is 0 Å². The molecule has 1 amide bonds. The number of amides is 1. The summed E-state index contributed by atoms with van der Waals surface area (Å²) in [5, 5.41) is 16.3. The molecule has 1 aliphatic carbocycles. The lowest BCUT2D eigenvalue weighted by Gasteiger charge is -2.22. The van der Waals surface area contributed by atoms with Crippen LogP contribution in [0.15, 0.2) is 0 Å². The molecule has 6 nitrogen and oxygen atoms in total. The van der Waals surface area contributed by atoms with E-state index in [0.29, 0.717) is 19.2 Å². The molecule has 3 N–H and O–H groups in total. The van der Waals surface area contributed by atoms with Crippen molar-refractivity contribution >= 4 is 5.91 Å². The van der Waals surface area contributed by atoms with Crippen molar-refractivity contribution < 1.29 is 19.4 Å². The molecular formula is C13H24N2O4. The Balaban J connectivity index is 1.70. The smallest absolute Gasteiger partial charge is 0.246 e. The molecule has 2 rings (SSSR count). The molecule has 3 unspecified atom stereocenters. The predicted octanol–water partition coefficient (Wildman–Crippen LogP) is -0.590. The number of ether oxygens (including phenoxy) is 2. The van der Waals surface area contributed by atoms with E-state index in [2.05, 4.69) is 10.6 Å². The van der Waals surface area contributed by atoms with Crippen molar-refractivity contribution in [1.29, 1.82) is 0 Å². The van der Waals surface area contributed by atoms with Gasteiger partial charge in [-0.25, -0.2) is 0 Å². The van der Waals surface area contributed by atoms with Gasteiger partial charge in [0.1, 0.15) is 12.7 Å². The molecule has 0 aromatic heterocycles. The number of methoxy groups -OCH3 is 1. The molecular weight excluding hydrogens is 248 g/mol. The van der Waals surface area contributed by atoms with Crippen LogP contribution in [-0.2, 0) is 14.3 Å². The normalized spacial score (nSPS) is 31.8. The molecule has 110 valence electrons. The summed E-state index contributed by atoms with van der Waals surface area (Å²) in [6.07, 6.45) is 3.98. The van der Waals surface area contributed by atoms with Crippen molar-refractivity contribution in [2.24, 2.45) is 0 Å². The van der Waals surface area contributed by atoms with Crippen molar-refractivity contribution in [3.8, 4) is 0 Å². The van der Waals surface area contributed by atoms with E-state index in [1.807, 2.05) is 0 Å². The van der Waals surface area contributed by atoms with Gasteiger partial charge in [0, 0.05) is 19.7 Å². The van der Waals surface area contributed by atoms with Crippen LogP contribution in [0.3, 0.4) is 0 Å². The second-order valence-corrected chi connectivity index (χ2v) is 5.35. The van der Waals surface area contributed by atoms with E-state index in [4.69, 9.17) is 9.47 Å². The number of aliphatic hydroxyl groups excluding tert-OH is 1. The van der Waals surface area contributed by atoms with Crippen LogP contribution in [0.1, 0.15) is 25.7 Å². The summed E-state index contributed by atoms with van der Waals surface area (Å²) in [6.45, 7) is 0.862. The van der Waals surface area contributed by atoms with Gasteiger partial charge in [0.05, 0.1) is 18.8 Å². The highest BCUT2D eigenvalue weighted by atomic mass is 16.5. The van der Waals surface area contributed by atoms with Gasteiger partial charge in [-0.05, 0) is 12.8 Å². The maximum Gasteiger partial charge on any atom is 0.246 e. The van der Waals surface area contributed by atoms with Crippen molar-refractivity contribution in [2.45, 2.75) is 50.0 Å². The molecule has 0 bridgehead atoms. The third-order valence-corrected chi connectivity index (χ3v) is 3.86. The van der Waals surface area contributed by atoms with E-state index >= 15 is 0 Å². The van der Waals surface area contributed by atoms with E-state index in [1.54, 1.807) is 0 Å². The Morgan fingerprint density at radius 2 is 2.16 bits per heavy atom. The van der Waals surface area contributed by atoms with E-state index in [1.165, 1.54) is 32.8 Å². The number of hydrogen-bond donors (Lipinski definition) is 3. The Kier molecular flexibility index (Phi) is 5.57. The standard InChI is InChI=1S/C13H24N2O4/c1-18-8-12(16)14-6-11-13(17)10(7-19-11)15-9-4-2-3-5-9/h9-11,13,15,17H,2-8H2,1H3,(H,14,16). The fourth-order valence-corrected chi connectivity index (χ4v) is 2.80. The number of nitrogens with one attached hydrogen (secondary N) is 2. The minimum atomic E-state index is -0.566. The highest BCUT2D eigenvalue weighted by Gasteiger charge is 2.37. The molecule has 0 aromatic rings. The van der Waals surface area contributed by atoms with E-state index in [0.717, 1.165) is 0 Å². The molecule has 19 heavy (non-hydrogen) atoms. The fraction of sp³-hybridized carbons (Fsp3) is 0.923. The van der Waals surface area contributed by atoms with Gasteiger partial charge in [-0.1, -0.05) is 12.8 Å². The molecule has 6 heteroatoms. The van der Waals surface area contributed by atoms with Crippen LogP contribution in [0.25, 0.3) is 0 Å². The second-order valence-electron chi connectivity index (χ2n) is 5.35. The van der Waals surface area contributed by atoms with Crippen LogP contribution in [0.5, 0.6) is 0 Å². The van der Waals surface area contributed by atoms with Gasteiger partial charge in [0.25, 0.3) is 0 Å². The van der Waals surface area contributed by atoms with Gasteiger partial charge in [0.2, 0.25) is 5.91 Å². The molecule has 1 heterocycles. The zero-order chi connectivity index (χ0) is 13.7. The topological polar surface area (TPSA) is 79.8 Å². The first-order valence-electron chi connectivity index (χ1n) is 7.02. The molecule has 0 spiro atoms. The highest BCUT2D eigenvalue weighted by Crippen LogP contribution is 2.21. The lowest BCUT2D eigenvalue weighted by Crippen LogP contribution is -2.47. The minimum absolute atomic E-state index is 0.0209. The van der Waals surface area contributed by atoms with E-state index in [-0.39, 0.29) is 24.7 Å². The summed E-state index contributed by atoms with van der Waals surface area (Å²) < 4.78 is 10.3. The Morgan fingerprint density at radius 1 is 1.42 bits per heavy atom. The van der Waals surface area contributed by atoms with E-state index in [9.17, 15) is 9.90 Å². The summed E-state index contributed by atoms with van der Waals surface area (Å²) in [5.74, 6) is -0.189. The van der Waals surface area contributed by atoms with Crippen LogP contribution < -0.4 is 10.6 Å². The average molecular weight is 272 g/mol. The van der Waals surface area contributed by atoms with Crippen LogP contribution in [0.2, 0.25) is 0 Å². The molecule has 0 radical (unpaired) electrons. The summed E-state index contributed by atoms with van der Waals surface area (Å²) in [7, 11) is 1.47. The lowest BCUT2D eigenvalue weighted by molar-refractivity contribution is -0.125. The van der Waals surface area contributed by atoms with E-state index < -0.39 is 6.10 Å². The minimum Gasteiger partial charge on any atom is -0.389 e. The molecule has 1 aliphatic heterocycles. The first-order valence-corrected chi connectivity index (χ1v) is 7.02. The average Bonchev–Trinajstić information content (AvgIpc) is 3.00. The highest BCUT2D eigenvalue weighted by molar-refractivity contribution is 5.77. The van der Waals surface area contributed by atoms with Gasteiger partial charge in [-0.3, -0.25) is 4.79 Å². The summed E-state index contributed by atoms with van der Waals surface area (Å²) in [5.41, 5.74) is 0. The van der Waals surface area contributed by atoms with Gasteiger partial charge in [-0.2, -0.15) is 0 Å². The largest absolute Gasteiger partial charge is 0.389 e. The maximum atomic E-state index is 11.3. The number of hydrogen-bond acceptors (Lipinski definition) is 5. The molecule has 3 atom stereocenters. The van der Waals surface area contributed by atoms with Gasteiger partial charge in [-0.15, -0.1) is 0 Å². The SMILES string of the molecule is COCC(=O)NCC1OCC(NC2CCCC2)C1O. The summed E-state index contributed by atoms with van der Waals surface area (Å²) in [4.78, 5) is 11.3. The Bertz CT molecular complexity index is 294. The van der Waals surface area contributed by atoms with Gasteiger partial charge in [0.15, 0.2) is 0 Å². The van der Waals surface area contributed by atoms with Gasteiger partial charge >= 0.3 is 0 Å². The predicted molar refractivity (Wildman–Crippen MR) is 69.8 cm³/mol. The fourth-order valence-electron chi connectivity index (χ4n) is 2.80. The molecule has 1 saturated carbocycles. The van der Waals surface area contributed by atoms with Gasteiger partial charge < -0.3 is 25.2 Å². The third kappa shape index (κ3) is 4.14. The molecule has 2 fully saturated rings. The number of carbonyl (C=O) groups is 1. The first-order chi connectivity index (χ1) is 9.20. The maximum absolute atomic E-state index is 11.3. The lowest BCUT2D eigenvalue weighted by atomic mass is 10.1. The number of aliphatic hydroxyl groups is 1. The third-order valence-electron chi connectivity index (χ3n) is 3.86. The monoisotopic (exact) mass is 272 g/mol. The molecule has 1 saturated heterocycles. The molecule has 2 aliphatic rings. The zero-order valence-electron chi connectivity index (χ0n) is 11.4. The summed E-state index contributed by atoms with van der Waals surface area (Å²) in [6, 6.07) is 0.484. The Labute approximate surface area is 113 Å². The van der Waals surface area contributed by atoms with Crippen molar-refractivity contribution in [2.75, 3.05) is 26.9 Å². The van der Waals surface area contributed by atoms with Crippen LogP contribution in [0.4, 0.5) is 0 Å². The summed E-state index contributed by atoms with van der Waals surface area (Å²) >= 11 is 0. The van der Waals surface area contributed by atoms with Crippen molar-refractivity contribution in [3.63, 3.8) is 0 Å².